The van der Waals surface area contributed by atoms with Crippen molar-refractivity contribution < 1.29 is 14.6 Å². The second kappa shape index (κ2) is 5.51. The Morgan fingerprint density at radius 1 is 1.40 bits per heavy atom. The number of carbonyl (C=O) groups is 1. The van der Waals surface area contributed by atoms with Crippen LogP contribution in [0.15, 0.2) is 30.3 Å². The maximum Gasteiger partial charge on any atom is 0.311 e. The summed E-state index contributed by atoms with van der Waals surface area (Å²) < 4.78 is 4.85. The summed E-state index contributed by atoms with van der Waals surface area (Å²) in [4.78, 5) is 11.4. The first-order valence-electron chi connectivity index (χ1n) is 5.06. The van der Waals surface area contributed by atoms with E-state index in [1.165, 1.54) is 0 Å². The van der Waals surface area contributed by atoms with Gasteiger partial charge in [-0.05, 0) is 19.4 Å². The molecule has 0 aliphatic rings. The number of aliphatic hydroxyl groups excluding tert-OH is 1. The standard InChI is InChI=1S/C12H16O3/c1-3-15-12(14)9(2)11(13)10-7-5-4-6-8-10/h4-9,11,13H,3H2,1-2H3. The van der Waals surface area contributed by atoms with Gasteiger partial charge in [-0.1, -0.05) is 30.3 Å². The van der Waals surface area contributed by atoms with E-state index in [4.69, 9.17) is 4.74 Å². The monoisotopic (exact) mass is 208 g/mol. The lowest BCUT2D eigenvalue weighted by Crippen LogP contribution is -2.21. The molecule has 0 saturated carbocycles. The van der Waals surface area contributed by atoms with Crippen LogP contribution >= 0.6 is 0 Å². The normalized spacial score (nSPS) is 14.3. The van der Waals surface area contributed by atoms with E-state index < -0.39 is 12.0 Å². The van der Waals surface area contributed by atoms with Crippen LogP contribution in [0.4, 0.5) is 0 Å². The minimum atomic E-state index is -0.801. The first-order chi connectivity index (χ1) is 7.16. The van der Waals surface area contributed by atoms with Crippen molar-refractivity contribution in [1.29, 1.82) is 0 Å². The first-order valence-corrected chi connectivity index (χ1v) is 5.06. The summed E-state index contributed by atoms with van der Waals surface area (Å²) in [5, 5.41) is 9.89. The lowest BCUT2D eigenvalue weighted by Gasteiger charge is -2.17. The zero-order valence-electron chi connectivity index (χ0n) is 9.01. The van der Waals surface area contributed by atoms with Crippen molar-refractivity contribution in [1.82, 2.24) is 0 Å². The van der Waals surface area contributed by atoms with E-state index in [0.29, 0.717) is 6.61 Å². The van der Waals surface area contributed by atoms with Gasteiger partial charge in [0.25, 0.3) is 0 Å². The van der Waals surface area contributed by atoms with Gasteiger partial charge in [0.15, 0.2) is 0 Å². The quantitative estimate of drug-likeness (QED) is 0.769. The lowest BCUT2D eigenvalue weighted by atomic mass is 9.98. The Labute approximate surface area is 89.7 Å². The van der Waals surface area contributed by atoms with E-state index in [2.05, 4.69) is 0 Å². The van der Waals surface area contributed by atoms with Crippen LogP contribution in [0.25, 0.3) is 0 Å². The van der Waals surface area contributed by atoms with Crippen LogP contribution in [-0.2, 0) is 9.53 Å². The molecule has 0 amide bonds. The molecule has 3 heteroatoms. The second-order valence-electron chi connectivity index (χ2n) is 3.40. The first kappa shape index (κ1) is 11.7. The number of hydrogen-bond acceptors (Lipinski definition) is 3. The number of carbonyl (C=O) groups excluding carboxylic acids is 1. The highest BCUT2D eigenvalue weighted by Crippen LogP contribution is 2.22. The zero-order chi connectivity index (χ0) is 11.3. The molecule has 0 aromatic heterocycles. The average Bonchev–Trinajstić information content (AvgIpc) is 2.28. The third kappa shape index (κ3) is 3.06. The fraction of sp³-hybridized carbons (Fsp3) is 0.417. The summed E-state index contributed by atoms with van der Waals surface area (Å²) >= 11 is 0. The van der Waals surface area contributed by atoms with E-state index in [-0.39, 0.29) is 5.97 Å². The van der Waals surface area contributed by atoms with Crippen LogP contribution in [0.1, 0.15) is 25.5 Å². The molecule has 0 aliphatic heterocycles. The Morgan fingerprint density at radius 2 is 2.00 bits per heavy atom. The molecule has 15 heavy (non-hydrogen) atoms. The number of rotatable bonds is 4. The Balaban J connectivity index is 2.68. The SMILES string of the molecule is CCOC(=O)C(C)C(O)c1ccccc1. The maximum absolute atomic E-state index is 11.4. The molecule has 0 fully saturated rings. The summed E-state index contributed by atoms with van der Waals surface area (Å²) in [7, 11) is 0. The Bertz CT molecular complexity index is 308. The maximum atomic E-state index is 11.4. The number of ether oxygens (including phenoxy) is 1. The van der Waals surface area contributed by atoms with Crippen LogP contribution in [0.3, 0.4) is 0 Å². The Morgan fingerprint density at radius 3 is 2.53 bits per heavy atom. The van der Waals surface area contributed by atoms with Gasteiger partial charge < -0.3 is 9.84 Å². The van der Waals surface area contributed by atoms with Crippen LogP contribution in [0, 0.1) is 5.92 Å². The van der Waals surface area contributed by atoms with Gasteiger partial charge in [-0.2, -0.15) is 0 Å². The molecule has 2 unspecified atom stereocenters. The lowest BCUT2D eigenvalue weighted by molar-refractivity contribution is -0.151. The Kier molecular flexibility index (Phi) is 4.31. The molecule has 0 radical (unpaired) electrons. The third-order valence-corrected chi connectivity index (χ3v) is 2.27. The molecule has 0 spiro atoms. The summed E-state index contributed by atoms with van der Waals surface area (Å²) in [5.74, 6) is -0.902. The largest absolute Gasteiger partial charge is 0.466 e. The van der Waals surface area contributed by atoms with Gasteiger partial charge in [-0.15, -0.1) is 0 Å². The summed E-state index contributed by atoms with van der Waals surface area (Å²) in [6.45, 7) is 3.75. The molecule has 0 bridgehead atoms. The average molecular weight is 208 g/mol. The van der Waals surface area contributed by atoms with Crippen molar-refractivity contribution in [3.63, 3.8) is 0 Å². The van der Waals surface area contributed by atoms with E-state index in [0.717, 1.165) is 5.56 Å². The van der Waals surface area contributed by atoms with Crippen molar-refractivity contribution in [3.8, 4) is 0 Å². The molecule has 1 rings (SSSR count). The van der Waals surface area contributed by atoms with Crippen LogP contribution in [0.2, 0.25) is 0 Å². The number of benzene rings is 1. The van der Waals surface area contributed by atoms with Crippen molar-refractivity contribution >= 4 is 5.97 Å². The zero-order valence-corrected chi connectivity index (χ0v) is 9.01. The number of hydrogen-bond donors (Lipinski definition) is 1. The van der Waals surface area contributed by atoms with E-state index in [1.54, 1.807) is 26.0 Å². The third-order valence-electron chi connectivity index (χ3n) is 2.27. The van der Waals surface area contributed by atoms with Crippen molar-refractivity contribution in [3.05, 3.63) is 35.9 Å². The highest BCUT2D eigenvalue weighted by atomic mass is 16.5. The van der Waals surface area contributed by atoms with Crippen LogP contribution < -0.4 is 0 Å². The molecule has 82 valence electrons. The minimum absolute atomic E-state index is 0.338. The van der Waals surface area contributed by atoms with Gasteiger partial charge in [-0.25, -0.2) is 0 Å². The molecule has 2 atom stereocenters. The summed E-state index contributed by atoms with van der Waals surface area (Å²) in [6.07, 6.45) is -0.801. The van der Waals surface area contributed by atoms with Gasteiger partial charge in [0.05, 0.1) is 18.6 Å². The topological polar surface area (TPSA) is 46.5 Å². The molecule has 0 saturated heterocycles. The van der Waals surface area contributed by atoms with Gasteiger partial charge in [0.2, 0.25) is 0 Å². The molecular formula is C12H16O3. The molecule has 1 N–H and O–H groups in total. The van der Waals surface area contributed by atoms with Crippen molar-refractivity contribution in [2.45, 2.75) is 20.0 Å². The highest BCUT2D eigenvalue weighted by molar-refractivity contribution is 5.72. The summed E-state index contributed by atoms with van der Waals surface area (Å²) in [5.41, 5.74) is 0.734. The predicted molar refractivity (Wildman–Crippen MR) is 57.2 cm³/mol. The van der Waals surface area contributed by atoms with Crippen molar-refractivity contribution in [2.24, 2.45) is 5.92 Å². The van der Waals surface area contributed by atoms with Gasteiger partial charge in [0, 0.05) is 0 Å². The van der Waals surface area contributed by atoms with Crippen molar-refractivity contribution in [2.75, 3.05) is 6.61 Å². The number of aliphatic hydroxyl groups is 1. The molecule has 1 aromatic rings. The molecule has 1 aromatic carbocycles. The van der Waals surface area contributed by atoms with Gasteiger partial charge in [-0.3, -0.25) is 4.79 Å². The molecule has 3 nitrogen and oxygen atoms in total. The molecule has 0 heterocycles. The summed E-state index contributed by atoms with van der Waals surface area (Å²) in [6, 6.07) is 9.11. The van der Waals surface area contributed by atoms with Gasteiger partial charge >= 0.3 is 5.97 Å². The van der Waals surface area contributed by atoms with Crippen LogP contribution in [0.5, 0.6) is 0 Å². The fourth-order valence-electron chi connectivity index (χ4n) is 1.34. The minimum Gasteiger partial charge on any atom is -0.466 e. The highest BCUT2D eigenvalue weighted by Gasteiger charge is 2.24. The van der Waals surface area contributed by atoms with E-state index in [9.17, 15) is 9.90 Å². The van der Waals surface area contributed by atoms with E-state index in [1.807, 2.05) is 18.2 Å². The van der Waals surface area contributed by atoms with E-state index >= 15 is 0 Å². The van der Waals surface area contributed by atoms with Gasteiger partial charge in [0.1, 0.15) is 0 Å². The smallest absolute Gasteiger partial charge is 0.311 e. The fourth-order valence-corrected chi connectivity index (χ4v) is 1.34. The molecule has 0 aliphatic carbocycles. The Hall–Kier alpha value is -1.35. The molecular weight excluding hydrogens is 192 g/mol. The second-order valence-corrected chi connectivity index (χ2v) is 3.40. The van der Waals surface area contributed by atoms with Crippen LogP contribution in [-0.4, -0.2) is 17.7 Å². The predicted octanol–water partition coefficient (Wildman–Crippen LogP) is 1.92. The number of esters is 1.